The van der Waals surface area contributed by atoms with Crippen molar-refractivity contribution in [3.05, 3.63) is 71.4 Å². The molecule has 2 rings (SSSR count). The van der Waals surface area contributed by atoms with Gasteiger partial charge < -0.3 is 10.6 Å². The molecule has 4 nitrogen and oxygen atoms in total. The summed E-state index contributed by atoms with van der Waals surface area (Å²) in [4.78, 5) is 0. The Morgan fingerprint density at radius 2 is 1.69 bits per heavy atom. The Bertz CT molecular complexity index is 858. The van der Waals surface area contributed by atoms with Gasteiger partial charge in [-0.05, 0) is 30.7 Å². The number of halogens is 3. The number of nitrogens with zero attached hydrogens (tertiary/aromatic N) is 2. The van der Waals surface area contributed by atoms with Crippen LogP contribution in [0.1, 0.15) is 24.1 Å². The average molecular weight is 356 g/mol. The van der Waals surface area contributed by atoms with Crippen LogP contribution < -0.4 is 10.6 Å². The van der Waals surface area contributed by atoms with Gasteiger partial charge in [0.05, 0.1) is 16.9 Å². The van der Waals surface area contributed by atoms with Gasteiger partial charge in [0, 0.05) is 12.2 Å². The Hall–Kier alpha value is -3.45. The molecule has 0 aliphatic carbocycles. The average Bonchev–Trinajstić information content (AvgIpc) is 2.63. The lowest BCUT2D eigenvalue weighted by molar-refractivity contribution is -0.137. The first-order valence-corrected chi connectivity index (χ1v) is 7.64. The van der Waals surface area contributed by atoms with Gasteiger partial charge in [0.15, 0.2) is 0 Å². The fourth-order valence-corrected chi connectivity index (χ4v) is 2.26. The maximum absolute atomic E-state index is 13.0. The van der Waals surface area contributed by atoms with Crippen LogP contribution in [0.2, 0.25) is 0 Å². The Morgan fingerprint density at radius 3 is 2.27 bits per heavy atom. The molecule has 1 unspecified atom stereocenters. The van der Waals surface area contributed by atoms with Gasteiger partial charge in [-0.1, -0.05) is 30.3 Å². The van der Waals surface area contributed by atoms with Gasteiger partial charge >= 0.3 is 6.18 Å². The lowest BCUT2D eigenvalue weighted by Crippen LogP contribution is -2.10. The van der Waals surface area contributed by atoms with Gasteiger partial charge in [-0.15, -0.1) is 0 Å². The summed E-state index contributed by atoms with van der Waals surface area (Å²) in [5, 5.41) is 23.3. The first-order valence-electron chi connectivity index (χ1n) is 7.64. The Kier molecular flexibility index (Phi) is 5.87. The van der Waals surface area contributed by atoms with Crippen molar-refractivity contribution in [3.8, 4) is 12.1 Å². The molecule has 0 aromatic heterocycles. The van der Waals surface area contributed by atoms with Crippen molar-refractivity contribution in [1.29, 1.82) is 10.5 Å². The summed E-state index contributed by atoms with van der Waals surface area (Å²) in [7, 11) is 0. The summed E-state index contributed by atoms with van der Waals surface area (Å²) in [6.07, 6.45) is -3.43. The quantitative estimate of drug-likeness (QED) is 0.720. The highest BCUT2D eigenvalue weighted by Gasteiger charge is 2.31. The van der Waals surface area contributed by atoms with Crippen LogP contribution in [-0.4, -0.2) is 0 Å². The lowest BCUT2D eigenvalue weighted by atomic mass is 10.1. The van der Waals surface area contributed by atoms with Crippen molar-refractivity contribution in [2.45, 2.75) is 19.1 Å². The lowest BCUT2D eigenvalue weighted by Gasteiger charge is -2.20. The molecule has 0 aliphatic rings. The van der Waals surface area contributed by atoms with Crippen LogP contribution in [0.15, 0.2) is 60.3 Å². The molecule has 2 aromatic rings. The molecule has 0 saturated carbocycles. The fourth-order valence-electron chi connectivity index (χ4n) is 2.26. The third-order valence-electron chi connectivity index (χ3n) is 3.63. The van der Waals surface area contributed by atoms with E-state index in [1.165, 1.54) is 6.07 Å². The van der Waals surface area contributed by atoms with Crippen LogP contribution in [-0.2, 0) is 6.18 Å². The molecular formula is C19H15F3N4. The van der Waals surface area contributed by atoms with Crippen molar-refractivity contribution < 1.29 is 13.2 Å². The highest BCUT2D eigenvalue weighted by atomic mass is 19.4. The molecule has 0 amide bonds. The normalized spacial score (nSPS) is 11.6. The number of nitriles is 2. The molecule has 2 aromatic carbocycles. The second kappa shape index (κ2) is 8.09. The fraction of sp³-hybridized carbons (Fsp3) is 0.158. The van der Waals surface area contributed by atoms with Crippen LogP contribution in [0.5, 0.6) is 0 Å². The summed E-state index contributed by atoms with van der Waals surface area (Å²) in [6.45, 7) is 1.88. The molecule has 0 bridgehead atoms. The number of hydrogen-bond donors (Lipinski definition) is 2. The van der Waals surface area contributed by atoms with E-state index in [1.807, 2.05) is 37.3 Å². The van der Waals surface area contributed by atoms with Crippen LogP contribution in [0.4, 0.5) is 24.5 Å². The van der Waals surface area contributed by atoms with Gasteiger partial charge in [-0.3, -0.25) is 0 Å². The predicted octanol–water partition coefficient (Wildman–Crippen LogP) is 5.22. The van der Waals surface area contributed by atoms with Crippen molar-refractivity contribution in [2.75, 3.05) is 10.6 Å². The smallest absolute Gasteiger partial charge is 0.377 e. The number of nitrogens with one attached hydrogen (secondary N) is 2. The molecule has 0 fully saturated rings. The zero-order valence-electron chi connectivity index (χ0n) is 13.8. The van der Waals surface area contributed by atoms with Gasteiger partial charge in [0.25, 0.3) is 0 Å². The number of hydrogen-bond acceptors (Lipinski definition) is 4. The summed E-state index contributed by atoms with van der Waals surface area (Å²) >= 11 is 0. The Labute approximate surface area is 149 Å². The number of rotatable bonds is 5. The summed E-state index contributed by atoms with van der Waals surface area (Å²) < 4.78 is 39.0. The van der Waals surface area contributed by atoms with E-state index in [0.29, 0.717) is 5.69 Å². The van der Waals surface area contributed by atoms with Crippen LogP contribution in [0.3, 0.4) is 0 Å². The van der Waals surface area contributed by atoms with Gasteiger partial charge in [0.2, 0.25) is 0 Å². The second-order valence-corrected chi connectivity index (χ2v) is 5.46. The van der Waals surface area contributed by atoms with E-state index in [4.69, 9.17) is 10.5 Å². The molecule has 26 heavy (non-hydrogen) atoms. The molecule has 2 N–H and O–H groups in total. The molecule has 0 spiro atoms. The van der Waals surface area contributed by atoms with Crippen molar-refractivity contribution in [1.82, 2.24) is 0 Å². The summed E-state index contributed by atoms with van der Waals surface area (Å²) in [6, 6.07) is 15.8. The molecular weight excluding hydrogens is 341 g/mol. The molecule has 7 heteroatoms. The number of allylic oxidation sites excluding steroid dienone is 1. The molecule has 1 atom stereocenters. The predicted molar refractivity (Wildman–Crippen MR) is 92.9 cm³/mol. The monoisotopic (exact) mass is 356 g/mol. The molecule has 0 heterocycles. The molecule has 132 valence electrons. The standard InChI is InChI=1S/C19H15F3N4/c1-13(15-5-3-2-4-6-15)26-17-8-7-16(19(20,21)22)9-18(17)25-12-14(10-23)11-24/h2-9,12-13,25-26H,1H3. The minimum absolute atomic E-state index is 0.116. The zero-order chi connectivity index (χ0) is 19.2. The highest BCUT2D eigenvalue weighted by molar-refractivity contribution is 5.72. The molecule has 0 radical (unpaired) electrons. The first kappa shape index (κ1) is 18.9. The Balaban J connectivity index is 2.36. The van der Waals surface area contributed by atoms with Gasteiger partial charge in [-0.25, -0.2) is 0 Å². The largest absolute Gasteiger partial charge is 0.416 e. The third kappa shape index (κ3) is 4.78. The van der Waals surface area contributed by atoms with Crippen LogP contribution >= 0.6 is 0 Å². The van der Waals surface area contributed by atoms with E-state index in [1.54, 1.807) is 12.1 Å². The molecule has 0 saturated heterocycles. The van der Waals surface area contributed by atoms with E-state index in [9.17, 15) is 13.2 Å². The van der Waals surface area contributed by atoms with Gasteiger partial charge in [0.1, 0.15) is 17.7 Å². The second-order valence-electron chi connectivity index (χ2n) is 5.46. The maximum Gasteiger partial charge on any atom is 0.416 e. The summed E-state index contributed by atoms with van der Waals surface area (Å²) in [5.74, 6) is 0. The van der Waals surface area contributed by atoms with Crippen molar-refractivity contribution >= 4 is 11.4 Å². The van der Waals surface area contributed by atoms with Gasteiger partial charge in [-0.2, -0.15) is 23.7 Å². The van der Waals surface area contributed by atoms with E-state index in [2.05, 4.69) is 10.6 Å². The third-order valence-corrected chi connectivity index (χ3v) is 3.63. The highest BCUT2D eigenvalue weighted by Crippen LogP contribution is 2.35. The maximum atomic E-state index is 13.0. The number of benzene rings is 2. The van der Waals surface area contributed by atoms with E-state index in [0.717, 1.165) is 23.9 Å². The first-order chi connectivity index (χ1) is 12.3. The van der Waals surface area contributed by atoms with Crippen molar-refractivity contribution in [2.24, 2.45) is 0 Å². The minimum atomic E-state index is -4.50. The molecule has 0 aliphatic heterocycles. The van der Waals surface area contributed by atoms with E-state index in [-0.39, 0.29) is 17.3 Å². The van der Waals surface area contributed by atoms with Crippen molar-refractivity contribution in [3.63, 3.8) is 0 Å². The SMILES string of the molecule is CC(Nc1ccc(C(F)(F)F)cc1NC=C(C#N)C#N)c1ccccc1. The Morgan fingerprint density at radius 1 is 1.04 bits per heavy atom. The van der Waals surface area contributed by atoms with Crippen LogP contribution in [0, 0.1) is 22.7 Å². The van der Waals surface area contributed by atoms with E-state index < -0.39 is 11.7 Å². The number of alkyl halides is 3. The van der Waals surface area contributed by atoms with Crippen LogP contribution in [0.25, 0.3) is 0 Å². The minimum Gasteiger partial charge on any atom is -0.377 e. The number of anilines is 2. The topological polar surface area (TPSA) is 71.6 Å². The zero-order valence-corrected chi connectivity index (χ0v) is 13.8. The summed E-state index contributed by atoms with van der Waals surface area (Å²) in [5.41, 5.74) is 0.418. The van der Waals surface area contributed by atoms with E-state index >= 15 is 0 Å².